The maximum Gasteiger partial charge on any atom is 0.406 e. The zero-order valence-electron chi connectivity index (χ0n) is 23.9. The molecule has 0 radical (unpaired) electrons. The van der Waals surface area contributed by atoms with Crippen molar-refractivity contribution in [2.75, 3.05) is 24.7 Å². The number of nitrogens with two attached hydrogens (primary N) is 1. The number of carbonyl (C=O) groups excluding carboxylic acids is 1. The average Bonchev–Trinajstić information content (AvgIpc) is 3.37. The highest BCUT2D eigenvalue weighted by molar-refractivity contribution is 8.13. The zero-order valence-corrected chi connectivity index (χ0v) is 26.4. The van der Waals surface area contributed by atoms with Crippen LogP contribution in [0.2, 0.25) is 0 Å². The van der Waals surface area contributed by atoms with Gasteiger partial charge < -0.3 is 25.4 Å². The molecule has 3 rings (SSSR count). The number of rotatable bonds is 13. The molecule has 42 heavy (non-hydrogen) atoms. The highest BCUT2D eigenvalue weighted by atomic mass is 35.5. The molecule has 1 aliphatic rings. The lowest BCUT2D eigenvalue weighted by Gasteiger charge is -2.28. The SMILES string of the molecule is CC(C)OC(O)C(C)NP(=O)(OCCSC(=O)C(C)(C)C)OCC1OC(n2cnc3c(=O)[nH]c(N)nc32)C(F)(Cl)C1O. The maximum absolute atomic E-state index is 15.6. The topological polar surface area (TPSA) is 213 Å². The number of alkyl halides is 2. The second kappa shape index (κ2) is 13.5. The molecule has 15 nitrogen and oxygen atoms in total. The van der Waals surface area contributed by atoms with Crippen LogP contribution < -0.4 is 16.4 Å². The van der Waals surface area contributed by atoms with E-state index in [9.17, 15) is 24.4 Å². The van der Waals surface area contributed by atoms with Gasteiger partial charge in [-0.1, -0.05) is 44.1 Å². The van der Waals surface area contributed by atoms with Crippen molar-refractivity contribution in [1.82, 2.24) is 24.6 Å². The molecule has 2 aromatic rings. The van der Waals surface area contributed by atoms with E-state index in [1.165, 1.54) is 6.92 Å². The maximum atomic E-state index is 15.6. The van der Waals surface area contributed by atoms with E-state index in [1.807, 2.05) is 0 Å². The van der Waals surface area contributed by atoms with Crippen molar-refractivity contribution in [2.45, 2.75) is 83.5 Å². The van der Waals surface area contributed by atoms with Crippen molar-refractivity contribution in [3.63, 3.8) is 0 Å². The lowest BCUT2D eigenvalue weighted by Crippen LogP contribution is -2.41. The quantitative estimate of drug-likeness (QED) is 0.0902. The standard InChI is InChI=1S/C23H37ClFN6O9PS/c1-11(2)39-18(34)12(3)30-41(36,37-7-8-42-20(35)22(4,5)6)38-9-13-15(32)23(24,25)19(40-13)31-10-27-14-16(31)28-21(26)29-17(14)33/h10-13,15,18-19,32,34H,7-9H2,1-6H3,(H,30,36)(H3,26,28,29,33). The van der Waals surface area contributed by atoms with Gasteiger partial charge in [-0.15, -0.1) is 0 Å². The minimum Gasteiger partial charge on any atom is -0.385 e. The number of aliphatic hydroxyl groups excluding tert-OH is 2. The summed E-state index contributed by atoms with van der Waals surface area (Å²) in [4.78, 5) is 34.4. The lowest BCUT2D eigenvalue weighted by atomic mass is 10.00. The molecule has 19 heteroatoms. The van der Waals surface area contributed by atoms with Crippen LogP contribution in [0.25, 0.3) is 11.2 Å². The molecule has 1 fully saturated rings. The molecule has 0 saturated carbocycles. The molecule has 1 saturated heterocycles. The molecule has 0 amide bonds. The number of nitrogens with zero attached hydrogens (tertiary/aromatic N) is 3. The second-order valence-corrected chi connectivity index (χ2v) is 14.3. The number of fused-ring (bicyclic) bond motifs is 1. The number of halogens is 2. The molecule has 3 heterocycles. The first-order valence-corrected chi connectivity index (χ1v) is 15.9. The van der Waals surface area contributed by atoms with Crippen LogP contribution in [0, 0.1) is 5.41 Å². The third kappa shape index (κ3) is 8.28. The fourth-order valence-corrected chi connectivity index (χ4v) is 6.45. The number of hydrogen-bond donors (Lipinski definition) is 5. The van der Waals surface area contributed by atoms with Crippen LogP contribution in [0.15, 0.2) is 11.1 Å². The minimum atomic E-state index is -4.29. The molecule has 7 atom stereocenters. The van der Waals surface area contributed by atoms with Gasteiger partial charge in [0.25, 0.3) is 10.7 Å². The number of nitrogens with one attached hydrogen (secondary N) is 2. The van der Waals surface area contributed by atoms with Gasteiger partial charge in [0.2, 0.25) is 5.95 Å². The van der Waals surface area contributed by atoms with Gasteiger partial charge in [0.1, 0.15) is 12.2 Å². The Morgan fingerprint density at radius 2 is 2.07 bits per heavy atom. The summed E-state index contributed by atoms with van der Waals surface area (Å²) in [6, 6.07) is -0.968. The Bertz CT molecular complexity index is 1360. The van der Waals surface area contributed by atoms with Crippen LogP contribution in [0.3, 0.4) is 0 Å². The first-order chi connectivity index (χ1) is 19.4. The molecule has 2 aromatic heterocycles. The van der Waals surface area contributed by atoms with Gasteiger partial charge in [-0.3, -0.25) is 28.2 Å². The second-order valence-electron chi connectivity index (χ2n) is 10.9. The van der Waals surface area contributed by atoms with Gasteiger partial charge in [-0.05, 0) is 20.8 Å². The van der Waals surface area contributed by atoms with Gasteiger partial charge in [0.15, 0.2) is 28.8 Å². The van der Waals surface area contributed by atoms with Gasteiger partial charge in [0, 0.05) is 11.2 Å². The summed E-state index contributed by atoms with van der Waals surface area (Å²) in [7, 11) is -4.29. The highest BCUT2D eigenvalue weighted by Gasteiger charge is 2.58. The summed E-state index contributed by atoms with van der Waals surface area (Å²) >= 11 is 7.03. The number of H-pyrrole nitrogens is 1. The zero-order chi connectivity index (χ0) is 31.6. The van der Waals surface area contributed by atoms with Crippen LogP contribution in [0.5, 0.6) is 0 Å². The van der Waals surface area contributed by atoms with Crippen molar-refractivity contribution in [3.8, 4) is 0 Å². The van der Waals surface area contributed by atoms with E-state index in [0.717, 1.165) is 22.7 Å². The van der Waals surface area contributed by atoms with Gasteiger partial charge in [-0.25, -0.2) is 19.0 Å². The van der Waals surface area contributed by atoms with E-state index in [4.69, 9.17) is 35.9 Å². The number of aromatic nitrogens is 4. The fourth-order valence-electron chi connectivity index (χ4n) is 3.72. The summed E-state index contributed by atoms with van der Waals surface area (Å²) in [5.41, 5.74) is 4.00. The lowest BCUT2D eigenvalue weighted by molar-refractivity contribution is -0.138. The smallest absolute Gasteiger partial charge is 0.385 e. The summed E-state index contributed by atoms with van der Waals surface area (Å²) in [6.07, 6.45) is -5.95. The number of aromatic amines is 1. The Labute approximate surface area is 250 Å². The Morgan fingerprint density at radius 1 is 1.40 bits per heavy atom. The first-order valence-electron chi connectivity index (χ1n) is 13.0. The summed E-state index contributed by atoms with van der Waals surface area (Å²) in [5.74, 6) is -0.135. The number of nitrogen functional groups attached to an aromatic ring is 1. The average molecular weight is 659 g/mol. The highest BCUT2D eigenvalue weighted by Crippen LogP contribution is 2.49. The van der Waals surface area contributed by atoms with Crippen molar-refractivity contribution >= 4 is 53.3 Å². The van der Waals surface area contributed by atoms with Gasteiger partial charge in [-0.2, -0.15) is 4.98 Å². The molecule has 1 aliphatic heterocycles. The number of ether oxygens (including phenoxy) is 2. The van der Waals surface area contributed by atoms with Crippen LogP contribution >= 0.6 is 31.1 Å². The van der Waals surface area contributed by atoms with Gasteiger partial charge >= 0.3 is 7.75 Å². The Kier molecular flexibility index (Phi) is 11.2. The third-order valence-corrected chi connectivity index (χ3v) is 9.27. The normalized spacial score (nSPS) is 26.0. The van der Waals surface area contributed by atoms with Crippen LogP contribution in [0.4, 0.5) is 10.3 Å². The number of carbonyl (C=O) groups is 1. The number of anilines is 1. The molecular formula is C23H37ClFN6O9PS. The molecule has 0 aliphatic carbocycles. The number of hydrogen-bond acceptors (Lipinski definition) is 13. The van der Waals surface area contributed by atoms with Crippen LogP contribution in [-0.2, 0) is 27.9 Å². The Morgan fingerprint density at radius 3 is 2.69 bits per heavy atom. The Hall–Kier alpha value is -1.66. The molecule has 7 unspecified atom stereocenters. The van der Waals surface area contributed by atoms with Crippen LogP contribution in [0.1, 0.15) is 47.8 Å². The molecule has 238 valence electrons. The van der Waals surface area contributed by atoms with Gasteiger partial charge in [0.05, 0.1) is 31.7 Å². The number of thioether (sulfide) groups is 1. The molecule has 6 N–H and O–H groups in total. The number of imidazole rings is 1. The molecule has 0 spiro atoms. The predicted molar refractivity (Wildman–Crippen MR) is 153 cm³/mol. The molecule has 0 bridgehead atoms. The first kappa shape index (κ1) is 34.8. The van der Waals surface area contributed by atoms with Crippen LogP contribution in [-0.4, -0.2) is 89.6 Å². The predicted octanol–water partition coefficient (Wildman–Crippen LogP) is 2.03. The van der Waals surface area contributed by atoms with Crippen molar-refractivity contribution in [1.29, 1.82) is 0 Å². The minimum absolute atomic E-state index is 0.107. The Balaban J connectivity index is 1.76. The van der Waals surface area contributed by atoms with E-state index < -0.39 is 61.2 Å². The van der Waals surface area contributed by atoms with Crippen molar-refractivity contribution in [3.05, 3.63) is 16.7 Å². The van der Waals surface area contributed by atoms with Crippen molar-refractivity contribution < 1.29 is 42.5 Å². The summed E-state index contributed by atoms with van der Waals surface area (Å²) in [5, 5.41) is 20.5. The monoisotopic (exact) mass is 658 g/mol. The van der Waals surface area contributed by atoms with E-state index in [0.29, 0.717) is 0 Å². The molecular weight excluding hydrogens is 622 g/mol. The molecule has 0 aromatic carbocycles. The largest absolute Gasteiger partial charge is 0.406 e. The van der Waals surface area contributed by atoms with E-state index >= 15 is 4.39 Å². The van der Waals surface area contributed by atoms with E-state index in [2.05, 4.69) is 20.0 Å². The van der Waals surface area contributed by atoms with E-state index in [-0.39, 0.29) is 40.7 Å². The van der Waals surface area contributed by atoms with E-state index in [1.54, 1.807) is 34.6 Å². The third-order valence-electron chi connectivity index (χ3n) is 5.88. The summed E-state index contributed by atoms with van der Waals surface area (Å²) in [6.45, 7) is 9.24. The van der Waals surface area contributed by atoms with Crippen molar-refractivity contribution in [2.24, 2.45) is 5.41 Å². The number of aliphatic hydroxyl groups is 2. The summed E-state index contributed by atoms with van der Waals surface area (Å²) < 4.78 is 52.3. The fraction of sp³-hybridized carbons (Fsp3) is 0.739.